The fourth-order valence-electron chi connectivity index (χ4n) is 2.99. The topological polar surface area (TPSA) is 59.6 Å². The Bertz CT molecular complexity index is 977. The highest BCUT2D eigenvalue weighted by atomic mass is 35.5. The van der Waals surface area contributed by atoms with Crippen LogP contribution in [0.2, 0.25) is 5.02 Å². The van der Waals surface area contributed by atoms with E-state index < -0.39 is 0 Å². The molecule has 3 aromatic rings. The third-order valence-corrected chi connectivity index (χ3v) is 4.74. The van der Waals surface area contributed by atoms with Gasteiger partial charge in [0.05, 0.1) is 31.5 Å². The normalized spacial score (nSPS) is 10.3. The molecule has 3 aromatic carbocycles. The van der Waals surface area contributed by atoms with E-state index in [4.69, 9.17) is 21.1 Å². The first-order valence-corrected chi connectivity index (χ1v) is 9.55. The average molecular weight is 411 g/mol. The number of nitrogens with one attached hydrogen (secondary N) is 2. The molecule has 2 N–H and O–H groups in total. The molecule has 0 fully saturated rings. The van der Waals surface area contributed by atoms with Crippen molar-refractivity contribution < 1.29 is 14.3 Å². The van der Waals surface area contributed by atoms with Gasteiger partial charge in [-0.1, -0.05) is 60.1 Å². The third kappa shape index (κ3) is 5.42. The smallest absolute Gasteiger partial charge is 0.243 e. The van der Waals surface area contributed by atoms with Crippen molar-refractivity contribution in [2.24, 2.45) is 0 Å². The van der Waals surface area contributed by atoms with Crippen molar-refractivity contribution in [1.29, 1.82) is 0 Å². The van der Waals surface area contributed by atoms with Gasteiger partial charge in [-0.05, 0) is 29.7 Å². The number of amides is 1. The van der Waals surface area contributed by atoms with Crippen LogP contribution in [0.15, 0.2) is 66.7 Å². The average Bonchev–Trinajstić information content (AvgIpc) is 2.74. The number of para-hydroxylation sites is 1. The zero-order valence-electron chi connectivity index (χ0n) is 16.4. The molecule has 0 saturated heterocycles. The molecule has 0 aliphatic rings. The minimum atomic E-state index is -0.209. The van der Waals surface area contributed by atoms with Gasteiger partial charge < -0.3 is 20.1 Å². The molecule has 0 aliphatic heterocycles. The number of anilines is 2. The second-order valence-electron chi connectivity index (χ2n) is 6.41. The second kappa shape index (κ2) is 9.85. The molecule has 0 aliphatic carbocycles. The number of halogens is 1. The van der Waals surface area contributed by atoms with Gasteiger partial charge in [-0.25, -0.2) is 0 Å². The Morgan fingerprint density at radius 3 is 2.31 bits per heavy atom. The van der Waals surface area contributed by atoms with Gasteiger partial charge in [-0.2, -0.15) is 0 Å². The Balaban J connectivity index is 1.67. The highest BCUT2D eigenvalue weighted by Gasteiger charge is 2.13. The van der Waals surface area contributed by atoms with E-state index in [1.807, 2.05) is 36.4 Å². The van der Waals surface area contributed by atoms with Crippen molar-refractivity contribution in [2.75, 3.05) is 31.4 Å². The largest absolute Gasteiger partial charge is 0.495 e. The molecule has 0 heterocycles. The summed E-state index contributed by atoms with van der Waals surface area (Å²) in [5.74, 6) is 0.748. The van der Waals surface area contributed by atoms with Gasteiger partial charge in [0.1, 0.15) is 11.5 Å². The van der Waals surface area contributed by atoms with Crippen LogP contribution in [0, 0.1) is 0 Å². The molecule has 0 bridgehead atoms. The van der Waals surface area contributed by atoms with Crippen molar-refractivity contribution in [3.63, 3.8) is 0 Å². The summed E-state index contributed by atoms with van der Waals surface area (Å²) in [6.45, 7) is 0.110. The molecule has 6 heteroatoms. The zero-order chi connectivity index (χ0) is 20.6. The van der Waals surface area contributed by atoms with Crippen molar-refractivity contribution in [1.82, 2.24) is 0 Å². The van der Waals surface area contributed by atoms with Crippen LogP contribution >= 0.6 is 11.6 Å². The van der Waals surface area contributed by atoms with Gasteiger partial charge in [-0.15, -0.1) is 0 Å². The number of carbonyl (C=O) groups excluding carboxylic acids is 1. The summed E-state index contributed by atoms with van der Waals surface area (Å²) < 4.78 is 10.5. The van der Waals surface area contributed by atoms with Crippen LogP contribution < -0.4 is 20.1 Å². The van der Waals surface area contributed by atoms with Crippen LogP contribution in [0.1, 0.15) is 11.1 Å². The van der Waals surface area contributed by atoms with Crippen LogP contribution in [0.3, 0.4) is 0 Å². The summed E-state index contributed by atoms with van der Waals surface area (Å²) in [4.78, 5) is 12.5. The Labute approximate surface area is 175 Å². The molecular formula is C23H23ClN2O3. The van der Waals surface area contributed by atoms with Crippen LogP contribution in [-0.4, -0.2) is 26.7 Å². The van der Waals surface area contributed by atoms with E-state index in [1.165, 1.54) is 19.8 Å². The Kier molecular flexibility index (Phi) is 6.98. The van der Waals surface area contributed by atoms with E-state index in [2.05, 4.69) is 28.8 Å². The minimum Gasteiger partial charge on any atom is -0.495 e. The summed E-state index contributed by atoms with van der Waals surface area (Å²) in [6.07, 6.45) is 0.785. The number of methoxy groups -OCH3 is 2. The van der Waals surface area contributed by atoms with E-state index in [0.717, 1.165) is 17.7 Å². The molecule has 29 heavy (non-hydrogen) atoms. The van der Waals surface area contributed by atoms with E-state index in [0.29, 0.717) is 22.2 Å². The quantitative estimate of drug-likeness (QED) is 0.548. The zero-order valence-corrected chi connectivity index (χ0v) is 17.1. The number of rotatable bonds is 8. The molecule has 1 amide bonds. The van der Waals surface area contributed by atoms with Crippen LogP contribution in [0.4, 0.5) is 11.4 Å². The van der Waals surface area contributed by atoms with E-state index in [1.54, 1.807) is 12.1 Å². The molecule has 0 aromatic heterocycles. The predicted molar refractivity (Wildman–Crippen MR) is 117 cm³/mol. The fraction of sp³-hybridized carbons (Fsp3) is 0.174. The summed E-state index contributed by atoms with van der Waals surface area (Å²) in [5, 5.41) is 6.44. The maximum absolute atomic E-state index is 12.5. The first kappa shape index (κ1) is 20.6. The lowest BCUT2D eigenvalue weighted by atomic mass is 10.0. The molecule has 3 rings (SSSR count). The molecular weight excluding hydrogens is 388 g/mol. The number of hydrogen-bond acceptors (Lipinski definition) is 4. The molecule has 0 spiro atoms. The Hall–Kier alpha value is -3.18. The lowest BCUT2D eigenvalue weighted by Gasteiger charge is -2.15. The van der Waals surface area contributed by atoms with Gasteiger partial charge in [0.25, 0.3) is 0 Å². The lowest BCUT2D eigenvalue weighted by Crippen LogP contribution is -2.22. The van der Waals surface area contributed by atoms with Gasteiger partial charge in [-0.3, -0.25) is 4.79 Å². The SMILES string of the molecule is COc1cc(OC)c(NC(=O)CNc2ccccc2Cc2ccccc2)cc1Cl. The number of benzene rings is 3. The van der Waals surface area contributed by atoms with Crippen molar-refractivity contribution in [2.45, 2.75) is 6.42 Å². The van der Waals surface area contributed by atoms with E-state index in [9.17, 15) is 4.79 Å². The molecule has 0 atom stereocenters. The summed E-state index contributed by atoms with van der Waals surface area (Å²) in [7, 11) is 3.05. The summed E-state index contributed by atoms with van der Waals surface area (Å²) >= 11 is 6.17. The molecule has 0 saturated carbocycles. The monoisotopic (exact) mass is 410 g/mol. The highest BCUT2D eigenvalue weighted by Crippen LogP contribution is 2.35. The molecule has 150 valence electrons. The van der Waals surface area contributed by atoms with Gasteiger partial charge >= 0.3 is 0 Å². The van der Waals surface area contributed by atoms with E-state index in [-0.39, 0.29) is 12.5 Å². The van der Waals surface area contributed by atoms with Crippen molar-refractivity contribution in [3.05, 3.63) is 82.9 Å². The first-order chi connectivity index (χ1) is 14.1. The number of ether oxygens (including phenoxy) is 2. The summed E-state index contributed by atoms with van der Waals surface area (Å²) in [5.41, 5.74) is 3.74. The summed E-state index contributed by atoms with van der Waals surface area (Å²) in [6, 6.07) is 21.4. The molecule has 0 radical (unpaired) electrons. The maximum atomic E-state index is 12.5. The molecule has 5 nitrogen and oxygen atoms in total. The van der Waals surface area contributed by atoms with Gasteiger partial charge in [0.2, 0.25) is 5.91 Å². The Morgan fingerprint density at radius 1 is 0.897 bits per heavy atom. The third-order valence-electron chi connectivity index (χ3n) is 4.44. The second-order valence-corrected chi connectivity index (χ2v) is 6.82. The number of carbonyl (C=O) groups is 1. The minimum absolute atomic E-state index is 0.110. The number of hydrogen-bond donors (Lipinski definition) is 2. The fourth-order valence-corrected chi connectivity index (χ4v) is 3.23. The van der Waals surface area contributed by atoms with Crippen molar-refractivity contribution in [3.8, 4) is 11.5 Å². The maximum Gasteiger partial charge on any atom is 0.243 e. The van der Waals surface area contributed by atoms with Crippen LogP contribution in [-0.2, 0) is 11.2 Å². The molecule has 0 unspecified atom stereocenters. The predicted octanol–water partition coefficient (Wildman–Crippen LogP) is 5.00. The lowest BCUT2D eigenvalue weighted by molar-refractivity contribution is -0.114. The van der Waals surface area contributed by atoms with Crippen LogP contribution in [0.5, 0.6) is 11.5 Å². The van der Waals surface area contributed by atoms with Crippen molar-refractivity contribution >= 4 is 28.9 Å². The van der Waals surface area contributed by atoms with E-state index >= 15 is 0 Å². The van der Waals surface area contributed by atoms with Gasteiger partial charge in [0, 0.05) is 11.8 Å². The van der Waals surface area contributed by atoms with Crippen LogP contribution in [0.25, 0.3) is 0 Å². The Morgan fingerprint density at radius 2 is 1.59 bits per heavy atom. The standard InChI is InChI=1S/C23H23ClN2O3/c1-28-21-14-22(29-2)20(13-18(21)24)26-23(27)15-25-19-11-7-6-10-17(19)12-16-8-4-3-5-9-16/h3-11,13-14,25H,12,15H2,1-2H3,(H,26,27). The van der Waals surface area contributed by atoms with Gasteiger partial charge in [0.15, 0.2) is 0 Å². The highest BCUT2D eigenvalue weighted by molar-refractivity contribution is 6.32. The first-order valence-electron chi connectivity index (χ1n) is 9.17.